The summed E-state index contributed by atoms with van der Waals surface area (Å²) in [6.07, 6.45) is 1.68. The molecule has 0 aliphatic heterocycles. The van der Waals surface area contributed by atoms with Crippen molar-refractivity contribution in [2.75, 3.05) is 24.3 Å². The number of pyridine rings is 2. The Bertz CT molecular complexity index is 853. The normalized spacial score (nSPS) is 12.0. The average Bonchev–Trinajstić information content (AvgIpc) is 2.62. The van der Waals surface area contributed by atoms with Crippen LogP contribution in [0.2, 0.25) is 0 Å². The van der Waals surface area contributed by atoms with E-state index in [1.807, 2.05) is 36.4 Å². The molecule has 3 rings (SSSR count). The summed E-state index contributed by atoms with van der Waals surface area (Å²) in [6, 6.07) is 12.2. The lowest BCUT2D eigenvalue weighted by Gasteiger charge is -2.10. The highest BCUT2D eigenvalue weighted by Gasteiger charge is 2.08. The molecule has 122 valence electrons. The minimum atomic E-state index is -0.876. The van der Waals surface area contributed by atoms with Gasteiger partial charge in [-0.2, -0.15) is 4.91 Å². The van der Waals surface area contributed by atoms with Gasteiger partial charge in [0.15, 0.2) is 0 Å². The minimum Gasteiger partial charge on any atom is -0.384 e. The molecule has 24 heavy (non-hydrogen) atoms. The lowest BCUT2D eigenvalue weighted by molar-refractivity contribution is 0.437. The average molecular weight is 325 g/mol. The summed E-state index contributed by atoms with van der Waals surface area (Å²) in [6.45, 7) is -0.612. The van der Waals surface area contributed by atoms with E-state index in [2.05, 4.69) is 20.5 Å². The number of nitrogens with zero attached hydrogens (tertiary/aromatic N) is 3. The molecule has 1 unspecified atom stereocenters. The van der Waals surface area contributed by atoms with Gasteiger partial charge in [0.1, 0.15) is 18.5 Å². The maximum atomic E-state index is 12.5. The number of hydrogen-bond acceptors (Lipinski definition) is 6. The molecule has 7 heteroatoms. The number of aromatic nitrogens is 2. The molecule has 6 nitrogen and oxygen atoms in total. The van der Waals surface area contributed by atoms with Crippen molar-refractivity contribution < 1.29 is 4.39 Å². The lowest BCUT2D eigenvalue weighted by atomic mass is 10.1. The van der Waals surface area contributed by atoms with Gasteiger partial charge in [-0.05, 0) is 36.4 Å². The highest BCUT2D eigenvalue weighted by Crippen LogP contribution is 2.23. The van der Waals surface area contributed by atoms with Crippen LogP contribution in [0.15, 0.2) is 53.8 Å². The van der Waals surface area contributed by atoms with E-state index < -0.39 is 12.7 Å². The van der Waals surface area contributed by atoms with Crippen LogP contribution in [0.25, 0.3) is 22.2 Å². The second-order valence-electron chi connectivity index (χ2n) is 5.37. The van der Waals surface area contributed by atoms with Gasteiger partial charge in [-0.25, -0.2) is 14.4 Å². The number of anilines is 2. The fraction of sp³-hybridized carbons (Fsp3) is 0.176. The third kappa shape index (κ3) is 3.45. The molecule has 0 aliphatic carbocycles. The number of alkyl halides is 1. The monoisotopic (exact) mass is 325 g/mol. The minimum absolute atomic E-state index is 0.161. The van der Waals surface area contributed by atoms with Gasteiger partial charge in [0.25, 0.3) is 0 Å². The molecule has 1 aromatic carbocycles. The molecule has 0 fully saturated rings. The largest absolute Gasteiger partial charge is 0.384 e. The van der Waals surface area contributed by atoms with Gasteiger partial charge in [0, 0.05) is 29.4 Å². The predicted molar refractivity (Wildman–Crippen MR) is 93.4 cm³/mol. The van der Waals surface area contributed by atoms with Crippen LogP contribution in [-0.2, 0) is 0 Å². The van der Waals surface area contributed by atoms with Gasteiger partial charge >= 0.3 is 0 Å². The van der Waals surface area contributed by atoms with Crippen LogP contribution in [0, 0.1) is 4.91 Å². The number of nitrogens with two attached hydrogens (primary N) is 1. The first-order valence-electron chi connectivity index (χ1n) is 7.44. The highest BCUT2D eigenvalue weighted by molar-refractivity contribution is 5.84. The zero-order valence-electron chi connectivity index (χ0n) is 12.8. The van der Waals surface area contributed by atoms with Crippen molar-refractivity contribution in [3.8, 4) is 11.3 Å². The quantitative estimate of drug-likeness (QED) is 0.678. The molecule has 0 spiro atoms. The maximum Gasteiger partial charge on any atom is 0.137 e. The van der Waals surface area contributed by atoms with Crippen molar-refractivity contribution in [1.29, 1.82) is 0 Å². The zero-order chi connectivity index (χ0) is 16.9. The van der Waals surface area contributed by atoms with Crippen LogP contribution in [0.1, 0.15) is 0 Å². The second-order valence-corrected chi connectivity index (χ2v) is 5.37. The van der Waals surface area contributed by atoms with Gasteiger partial charge < -0.3 is 11.1 Å². The summed E-state index contributed by atoms with van der Waals surface area (Å²) >= 11 is 0. The summed E-state index contributed by atoms with van der Waals surface area (Å²) in [7, 11) is 0. The number of rotatable bonds is 6. The molecule has 3 aromatic rings. The number of benzene rings is 1. The molecule has 0 saturated heterocycles. The van der Waals surface area contributed by atoms with E-state index in [-0.39, 0.29) is 6.54 Å². The molecule has 0 bridgehead atoms. The molecular formula is C17H16FN5O. The Kier molecular flexibility index (Phi) is 4.60. The maximum absolute atomic E-state index is 12.5. The van der Waals surface area contributed by atoms with Crippen molar-refractivity contribution in [1.82, 2.24) is 9.97 Å². The second kappa shape index (κ2) is 6.99. The fourth-order valence-electron chi connectivity index (χ4n) is 2.31. The van der Waals surface area contributed by atoms with Crippen molar-refractivity contribution >= 4 is 22.4 Å². The summed E-state index contributed by atoms with van der Waals surface area (Å²) in [5.41, 5.74) is 8.89. The Hall–Kier alpha value is -3.09. The number of halogens is 1. The standard InChI is InChI=1S/C17H16FN5O/c18-8-14(23-24)10-20-13-3-5-15-11(7-13)1-4-16(22-15)12-2-6-17(19)21-9-12/h1-7,9,14,20H,8,10H2,(H2,19,21). The van der Waals surface area contributed by atoms with E-state index >= 15 is 0 Å². The van der Waals surface area contributed by atoms with Crippen LogP contribution >= 0.6 is 0 Å². The number of nitrogen functional groups attached to an aromatic ring is 1. The first-order valence-corrected chi connectivity index (χ1v) is 7.44. The van der Waals surface area contributed by atoms with Gasteiger partial charge in [0.2, 0.25) is 0 Å². The molecular weight excluding hydrogens is 309 g/mol. The Morgan fingerprint density at radius 1 is 1.21 bits per heavy atom. The molecule has 1 atom stereocenters. The molecule has 0 aliphatic rings. The third-order valence-electron chi connectivity index (χ3n) is 3.64. The number of nitroso groups, excluding NO2 is 1. The molecule has 2 heterocycles. The lowest BCUT2D eigenvalue weighted by Crippen LogP contribution is -2.19. The van der Waals surface area contributed by atoms with Crippen LogP contribution < -0.4 is 11.1 Å². The van der Waals surface area contributed by atoms with Crippen LogP contribution in [0.5, 0.6) is 0 Å². The highest BCUT2D eigenvalue weighted by atomic mass is 19.1. The SMILES string of the molecule is Nc1ccc(-c2ccc3cc(NCC(CF)N=O)ccc3n2)cn1. The van der Waals surface area contributed by atoms with Crippen molar-refractivity contribution in [3.05, 3.63) is 53.6 Å². The van der Waals surface area contributed by atoms with E-state index in [0.717, 1.165) is 27.8 Å². The molecule has 0 radical (unpaired) electrons. The van der Waals surface area contributed by atoms with Gasteiger partial charge in [-0.15, -0.1) is 0 Å². The Morgan fingerprint density at radius 2 is 2.08 bits per heavy atom. The van der Waals surface area contributed by atoms with E-state index in [1.54, 1.807) is 12.3 Å². The van der Waals surface area contributed by atoms with Gasteiger partial charge in [0.05, 0.1) is 11.2 Å². The molecule has 0 saturated carbocycles. The van der Waals surface area contributed by atoms with Crippen LogP contribution in [-0.4, -0.2) is 29.2 Å². The Morgan fingerprint density at radius 3 is 2.79 bits per heavy atom. The third-order valence-corrected chi connectivity index (χ3v) is 3.64. The number of hydrogen-bond donors (Lipinski definition) is 2. The van der Waals surface area contributed by atoms with Crippen LogP contribution in [0.3, 0.4) is 0 Å². The van der Waals surface area contributed by atoms with E-state index in [1.165, 1.54) is 0 Å². The van der Waals surface area contributed by atoms with Crippen molar-refractivity contribution in [2.45, 2.75) is 6.04 Å². The number of nitrogens with one attached hydrogen (secondary N) is 1. The Labute approximate surface area is 137 Å². The van der Waals surface area contributed by atoms with Gasteiger partial charge in [-0.1, -0.05) is 11.2 Å². The number of fused-ring (bicyclic) bond motifs is 1. The molecule has 3 N–H and O–H groups in total. The fourth-order valence-corrected chi connectivity index (χ4v) is 2.31. The first kappa shape index (κ1) is 15.8. The summed E-state index contributed by atoms with van der Waals surface area (Å²) in [5.74, 6) is 0.464. The Balaban J connectivity index is 1.83. The molecule has 2 aromatic heterocycles. The van der Waals surface area contributed by atoms with E-state index in [0.29, 0.717) is 5.82 Å². The van der Waals surface area contributed by atoms with Crippen molar-refractivity contribution in [2.24, 2.45) is 5.18 Å². The zero-order valence-corrected chi connectivity index (χ0v) is 12.8. The topological polar surface area (TPSA) is 93.3 Å². The van der Waals surface area contributed by atoms with E-state index in [4.69, 9.17) is 5.73 Å². The van der Waals surface area contributed by atoms with Crippen molar-refractivity contribution in [3.63, 3.8) is 0 Å². The smallest absolute Gasteiger partial charge is 0.137 e. The summed E-state index contributed by atoms with van der Waals surface area (Å²) in [4.78, 5) is 19.1. The predicted octanol–water partition coefficient (Wildman–Crippen LogP) is 3.40. The van der Waals surface area contributed by atoms with Crippen LogP contribution in [0.4, 0.5) is 15.9 Å². The molecule has 0 amide bonds. The summed E-state index contributed by atoms with van der Waals surface area (Å²) in [5, 5.41) is 6.66. The van der Waals surface area contributed by atoms with Gasteiger partial charge in [-0.3, -0.25) is 0 Å². The first-order chi connectivity index (χ1) is 11.7. The van der Waals surface area contributed by atoms with E-state index in [9.17, 15) is 9.30 Å². The summed E-state index contributed by atoms with van der Waals surface area (Å²) < 4.78 is 12.5.